The summed E-state index contributed by atoms with van der Waals surface area (Å²) in [5.74, 6) is -0.0481. The van der Waals surface area contributed by atoms with Gasteiger partial charge in [-0.1, -0.05) is 31.0 Å². The highest BCUT2D eigenvalue weighted by Gasteiger charge is 2.22. The van der Waals surface area contributed by atoms with E-state index < -0.39 is 0 Å². The van der Waals surface area contributed by atoms with Crippen LogP contribution in [-0.2, 0) is 6.54 Å². The van der Waals surface area contributed by atoms with Crippen molar-refractivity contribution < 1.29 is 4.79 Å². The Morgan fingerprint density at radius 1 is 1.26 bits per heavy atom. The second kappa shape index (κ2) is 8.31. The average Bonchev–Trinajstić information content (AvgIpc) is 3.46. The minimum absolute atomic E-state index is 0.0481. The molecule has 1 N–H and O–H groups in total. The Hall–Kier alpha value is -2.05. The maximum atomic E-state index is 12.6. The zero-order chi connectivity index (χ0) is 18.6. The molecule has 0 atom stereocenters. The lowest BCUT2D eigenvalue weighted by Gasteiger charge is -2.13. The van der Waals surface area contributed by atoms with Crippen molar-refractivity contribution in [1.29, 1.82) is 0 Å². The van der Waals surface area contributed by atoms with Gasteiger partial charge in [0.25, 0.3) is 5.91 Å². The number of benzene rings is 1. The summed E-state index contributed by atoms with van der Waals surface area (Å²) >= 11 is 3.33. The van der Waals surface area contributed by atoms with Crippen LogP contribution in [0.15, 0.2) is 52.7 Å². The predicted molar refractivity (Wildman–Crippen MR) is 112 cm³/mol. The Bertz CT molecular complexity index is 911. The number of rotatable bonds is 6. The van der Waals surface area contributed by atoms with Crippen LogP contribution in [0.4, 0.5) is 0 Å². The fourth-order valence-electron chi connectivity index (χ4n) is 3.67. The van der Waals surface area contributed by atoms with Gasteiger partial charge in [0.15, 0.2) is 0 Å². The Morgan fingerprint density at radius 3 is 2.81 bits per heavy atom. The molecule has 1 aliphatic carbocycles. The fraction of sp³-hybridized carbons (Fsp3) is 0.333. The summed E-state index contributed by atoms with van der Waals surface area (Å²) in [5.41, 5.74) is 2.81. The minimum atomic E-state index is -0.0481. The maximum absolute atomic E-state index is 12.6. The summed E-state index contributed by atoms with van der Waals surface area (Å²) in [5, 5.41) is 10.0. The van der Waals surface area contributed by atoms with E-state index >= 15 is 0 Å². The van der Waals surface area contributed by atoms with E-state index in [1.54, 1.807) is 23.1 Å². The highest BCUT2D eigenvalue weighted by atomic mass is 32.2. The third-order valence-electron chi connectivity index (χ3n) is 5.01. The molecular formula is C21H23N3OS2. The number of carbonyl (C=O) groups is 1. The first kappa shape index (κ1) is 18.3. The van der Waals surface area contributed by atoms with E-state index in [1.807, 2.05) is 30.5 Å². The van der Waals surface area contributed by atoms with E-state index in [0.717, 1.165) is 16.2 Å². The largest absolute Gasteiger partial charge is 0.346 e. The summed E-state index contributed by atoms with van der Waals surface area (Å²) < 4.78 is 2.19. The van der Waals surface area contributed by atoms with Crippen LogP contribution in [0.5, 0.6) is 0 Å². The first-order chi connectivity index (χ1) is 13.3. The average molecular weight is 398 g/mol. The minimum Gasteiger partial charge on any atom is -0.346 e. The SMILES string of the molecule is CSc1ccccc1C(=O)NCc1cc(-c2cccs2)n(C2CCCC2)n1. The third-order valence-corrected chi connectivity index (χ3v) is 6.70. The molecule has 140 valence electrons. The van der Waals surface area contributed by atoms with Gasteiger partial charge < -0.3 is 5.32 Å². The molecule has 1 amide bonds. The van der Waals surface area contributed by atoms with Crippen LogP contribution in [0.3, 0.4) is 0 Å². The lowest BCUT2D eigenvalue weighted by molar-refractivity contribution is 0.0947. The molecule has 0 unspecified atom stereocenters. The van der Waals surface area contributed by atoms with E-state index in [1.165, 1.54) is 36.3 Å². The lowest BCUT2D eigenvalue weighted by atomic mass is 10.2. The second-order valence-corrected chi connectivity index (χ2v) is 8.56. The van der Waals surface area contributed by atoms with Crippen molar-refractivity contribution in [2.75, 3.05) is 6.26 Å². The van der Waals surface area contributed by atoms with Crippen molar-refractivity contribution in [3.05, 3.63) is 59.1 Å². The molecule has 1 aliphatic rings. The number of thiophene rings is 1. The van der Waals surface area contributed by atoms with Gasteiger partial charge in [0.1, 0.15) is 0 Å². The molecule has 2 heterocycles. The molecule has 0 spiro atoms. The van der Waals surface area contributed by atoms with Crippen LogP contribution in [0, 0.1) is 0 Å². The molecule has 1 aromatic carbocycles. The predicted octanol–water partition coefficient (Wildman–Crippen LogP) is 5.38. The van der Waals surface area contributed by atoms with Crippen LogP contribution in [-0.4, -0.2) is 21.9 Å². The number of aromatic nitrogens is 2. The van der Waals surface area contributed by atoms with Gasteiger partial charge in [-0.2, -0.15) is 5.10 Å². The summed E-state index contributed by atoms with van der Waals surface area (Å²) in [6.45, 7) is 0.444. The smallest absolute Gasteiger partial charge is 0.252 e. The quantitative estimate of drug-likeness (QED) is 0.568. The summed E-state index contributed by atoms with van der Waals surface area (Å²) in [7, 11) is 0. The number of hydrogen-bond acceptors (Lipinski definition) is 4. The highest BCUT2D eigenvalue weighted by Crippen LogP contribution is 2.35. The zero-order valence-electron chi connectivity index (χ0n) is 15.4. The topological polar surface area (TPSA) is 46.9 Å². The first-order valence-corrected chi connectivity index (χ1v) is 11.4. The molecule has 4 nitrogen and oxygen atoms in total. The van der Waals surface area contributed by atoms with Crippen molar-refractivity contribution in [1.82, 2.24) is 15.1 Å². The van der Waals surface area contributed by atoms with Crippen molar-refractivity contribution in [3.8, 4) is 10.6 Å². The van der Waals surface area contributed by atoms with Crippen LogP contribution in [0.25, 0.3) is 10.6 Å². The Balaban J connectivity index is 1.54. The number of thioether (sulfide) groups is 1. The molecule has 6 heteroatoms. The van der Waals surface area contributed by atoms with Gasteiger partial charge in [-0.25, -0.2) is 0 Å². The second-order valence-electron chi connectivity index (χ2n) is 6.76. The van der Waals surface area contributed by atoms with Gasteiger partial charge in [0.2, 0.25) is 0 Å². The van der Waals surface area contributed by atoms with Gasteiger partial charge in [-0.05, 0) is 48.7 Å². The Morgan fingerprint density at radius 2 is 2.07 bits per heavy atom. The number of amides is 1. The molecule has 1 fully saturated rings. The van der Waals surface area contributed by atoms with Crippen LogP contribution >= 0.6 is 23.1 Å². The van der Waals surface area contributed by atoms with E-state index in [4.69, 9.17) is 5.10 Å². The molecule has 4 rings (SSSR count). The number of carbonyl (C=O) groups excluding carboxylic acids is 1. The summed E-state index contributed by atoms with van der Waals surface area (Å²) in [6.07, 6.45) is 6.90. The standard InChI is InChI=1S/C21H23N3OS2/c1-26-19-10-5-4-9-17(19)21(25)22-14-15-13-18(20-11-6-12-27-20)24(23-15)16-7-2-3-8-16/h4-6,9-13,16H,2-3,7-8,14H2,1H3,(H,22,25). The molecule has 0 radical (unpaired) electrons. The van der Waals surface area contributed by atoms with E-state index in [9.17, 15) is 4.79 Å². The van der Waals surface area contributed by atoms with Gasteiger partial charge in [-0.15, -0.1) is 23.1 Å². The normalized spacial score (nSPS) is 14.6. The van der Waals surface area contributed by atoms with Crippen molar-refractivity contribution in [3.63, 3.8) is 0 Å². The molecule has 0 saturated heterocycles. The van der Waals surface area contributed by atoms with Gasteiger partial charge in [0.05, 0.1) is 34.4 Å². The van der Waals surface area contributed by atoms with E-state index in [2.05, 4.69) is 33.6 Å². The van der Waals surface area contributed by atoms with Crippen LogP contribution in [0.2, 0.25) is 0 Å². The monoisotopic (exact) mass is 397 g/mol. The number of hydrogen-bond donors (Lipinski definition) is 1. The van der Waals surface area contributed by atoms with E-state index in [-0.39, 0.29) is 5.91 Å². The number of nitrogens with one attached hydrogen (secondary N) is 1. The van der Waals surface area contributed by atoms with Crippen molar-refractivity contribution in [2.24, 2.45) is 0 Å². The molecule has 27 heavy (non-hydrogen) atoms. The van der Waals surface area contributed by atoms with Crippen molar-refractivity contribution in [2.45, 2.75) is 43.2 Å². The molecule has 0 bridgehead atoms. The van der Waals surface area contributed by atoms with Gasteiger partial charge >= 0.3 is 0 Å². The highest BCUT2D eigenvalue weighted by molar-refractivity contribution is 7.98. The molecule has 2 aromatic heterocycles. The summed E-state index contributed by atoms with van der Waals surface area (Å²) in [4.78, 5) is 14.8. The number of nitrogens with zero attached hydrogens (tertiary/aromatic N) is 2. The molecular weight excluding hydrogens is 374 g/mol. The molecule has 3 aromatic rings. The zero-order valence-corrected chi connectivity index (χ0v) is 17.0. The lowest BCUT2D eigenvalue weighted by Crippen LogP contribution is -2.23. The fourth-order valence-corrected chi connectivity index (χ4v) is 4.99. The molecule has 1 saturated carbocycles. The van der Waals surface area contributed by atoms with Crippen LogP contribution in [0.1, 0.15) is 47.8 Å². The summed E-state index contributed by atoms with van der Waals surface area (Å²) in [6, 6.07) is 14.5. The van der Waals surface area contributed by atoms with Crippen LogP contribution < -0.4 is 5.32 Å². The Labute approximate surface area is 168 Å². The molecule has 0 aliphatic heterocycles. The first-order valence-electron chi connectivity index (χ1n) is 9.30. The van der Waals surface area contributed by atoms with Gasteiger partial charge in [-0.3, -0.25) is 9.48 Å². The van der Waals surface area contributed by atoms with E-state index in [0.29, 0.717) is 12.6 Å². The Kier molecular flexibility index (Phi) is 5.64. The van der Waals surface area contributed by atoms with Gasteiger partial charge in [0, 0.05) is 4.90 Å². The van der Waals surface area contributed by atoms with Crippen molar-refractivity contribution >= 4 is 29.0 Å². The third kappa shape index (κ3) is 3.96. The maximum Gasteiger partial charge on any atom is 0.252 e.